The van der Waals surface area contributed by atoms with E-state index in [4.69, 9.17) is 14.2 Å². The van der Waals surface area contributed by atoms with Crippen LogP contribution in [-0.2, 0) is 17.7 Å². The number of ether oxygens (including phenoxy) is 3. The van der Waals surface area contributed by atoms with Crippen LogP contribution in [0.15, 0.2) is 48.0 Å². The Bertz CT molecular complexity index is 1010. The molecule has 4 rings (SSSR count). The van der Waals surface area contributed by atoms with Gasteiger partial charge in [0.15, 0.2) is 11.5 Å². The highest BCUT2D eigenvalue weighted by molar-refractivity contribution is 7.09. The number of carbonyl (C=O) groups is 1. The average molecular weight is 458 g/mol. The Hall–Kier alpha value is -3.04. The molecule has 0 saturated carbocycles. The number of thiophene rings is 1. The quantitative estimate of drug-likeness (QED) is 0.495. The highest BCUT2D eigenvalue weighted by atomic mass is 32.1. The molecule has 1 atom stereocenters. The van der Waals surface area contributed by atoms with Crippen molar-refractivity contribution >= 4 is 17.4 Å². The summed E-state index contributed by atoms with van der Waals surface area (Å²) in [5.74, 6) is 1.33. The first-order valence-corrected chi connectivity index (χ1v) is 11.5. The molecule has 2 aromatic heterocycles. The Kier molecular flexibility index (Phi) is 7.28. The molecule has 0 unspecified atom stereocenters. The third kappa shape index (κ3) is 5.41. The molecule has 9 heteroatoms. The van der Waals surface area contributed by atoms with Gasteiger partial charge in [-0.25, -0.2) is 4.79 Å². The van der Waals surface area contributed by atoms with Crippen LogP contribution in [-0.4, -0.2) is 65.4 Å². The smallest absolute Gasteiger partial charge is 0.407 e. The molecule has 170 valence electrons. The summed E-state index contributed by atoms with van der Waals surface area (Å²) in [6.07, 6.45) is 2.37. The molecule has 0 radical (unpaired) electrons. The SMILES string of the molecule is COc1ccc(-c2ccnn2CCN(CCc2cccs2)C(=O)O)cc1O[C@@H]1CCOC1. The van der Waals surface area contributed by atoms with Crippen molar-refractivity contribution < 1.29 is 24.1 Å². The lowest BCUT2D eigenvalue weighted by Gasteiger charge is -2.20. The summed E-state index contributed by atoms with van der Waals surface area (Å²) in [5.41, 5.74) is 1.82. The highest BCUT2D eigenvalue weighted by Crippen LogP contribution is 2.34. The largest absolute Gasteiger partial charge is 0.493 e. The minimum atomic E-state index is -0.922. The zero-order valence-corrected chi connectivity index (χ0v) is 18.8. The van der Waals surface area contributed by atoms with Gasteiger partial charge in [-0.1, -0.05) is 6.07 Å². The van der Waals surface area contributed by atoms with Crippen LogP contribution < -0.4 is 9.47 Å². The normalized spacial score (nSPS) is 15.6. The minimum absolute atomic E-state index is 0.0107. The topological polar surface area (TPSA) is 86.1 Å². The van der Waals surface area contributed by atoms with E-state index in [1.165, 1.54) is 9.78 Å². The van der Waals surface area contributed by atoms with Crippen LogP contribution in [0.3, 0.4) is 0 Å². The average Bonchev–Trinajstić information content (AvgIpc) is 3.56. The summed E-state index contributed by atoms with van der Waals surface area (Å²) in [5, 5.41) is 16.0. The molecule has 0 bridgehead atoms. The van der Waals surface area contributed by atoms with E-state index in [0.717, 1.165) is 17.7 Å². The summed E-state index contributed by atoms with van der Waals surface area (Å²) < 4.78 is 18.8. The number of carboxylic acid groups (broad SMARTS) is 1. The predicted octanol–water partition coefficient (Wildman–Crippen LogP) is 4.01. The van der Waals surface area contributed by atoms with E-state index in [1.54, 1.807) is 24.6 Å². The van der Waals surface area contributed by atoms with Crippen LogP contribution in [0.4, 0.5) is 4.79 Å². The third-order valence-corrected chi connectivity index (χ3v) is 6.35. The molecule has 3 heterocycles. The molecular weight excluding hydrogens is 430 g/mol. The first kappa shape index (κ1) is 22.2. The fourth-order valence-electron chi connectivity index (χ4n) is 3.69. The van der Waals surface area contributed by atoms with Gasteiger partial charge in [-0.2, -0.15) is 5.10 Å². The fourth-order valence-corrected chi connectivity index (χ4v) is 4.39. The maximum atomic E-state index is 11.7. The van der Waals surface area contributed by atoms with Gasteiger partial charge in [-0.05, 0) is 42.1 Å². The molecule has 0 spiro atoms. The van der Waals surface area contributed by atoms with E-state index in [0.29, 0.717) is 50.8 Å². The highest BCUT2D eigenvalue weighted by Gasteiger charge is 2.20. The Morgan fingerprint density at radius 1 is 1.31 bits per heavy atom. The summed E-state index contributed by atoms with van der Waals surface area (Å²) in [6.45, 7) is 2.54. The van der Waals surface area contributed by atoms with E-state index in [-0.39, 0.29) is 6.10 Å². The van der Waals surface area contributed by atoms with E-state index >= 15 is 0 Å². The van der Waals surface area contributed by atoms with Gasteiger partial charge in [0.05, 0.1) is 32.6 Å². The number of rotatable bonds is 10. The molecule has 0 aliphatic carbocycles. The fraction of sp³-hybridized carbons (Fsp3) is 0.391. The standard InChI is InChI=1S/C23H27N3O5S/c1-29-21-5-4-17(15-22(21)31-18-8-13-30-16-18)20-6-9-24-26(20)12-11-25(23(27)28)10-7-19-3-2-14-32-19/h2-6,9,14-15,18H,7-8,10-13,16H2,1H3,(H,27,28)/t18-/m1/s1. The lowest BCUT2D eigenvalue weighted by molar-refractivity contribution is 0.138. The zero-order valence-electron chi connectivity index (χ0n) is 18.0. The molecule has 1 saturated heterocycles. The Morgan fingerprint density at radius 3 is 2.94 bits per heavy atom. The molecule has 8 nitrogen and oxygen atoms in total. The van der Waals surface area contributed by atoms with Gasteiger partial charge in [0.2, 0.25) is 0 Å². The molecule has 32 heavy (non-hydrogen) atoms. The lowest BCUT2D eigenvalue weighted by Crippen LogP contribution is -2.34. The van der Waals surface area contributed by atoms with Gasteiger partial charge in [-0.15, -0.1) is 11.3 Å². The van der Waals surface area contributed by atoms with E-state index in [9.17, 15) is 9.90 Å². The van der Waals surface area contributed by atoms with Gasteiger partial charge in [0.25, 0.3) is 0 Å². The number of benzene rings is 1. The summed E-state index contributed by atoms with van der Waals surface area (Å²) in [4.78, 5) is 14.3. The molecule has 1 N–H and O–H groups in total. The summed E-state index contributed by atoms with van der Waals surface area (Å²) in [7, 11) is 1.62. The van der Waals surface area contributed by atoms with Crippen molar-refractivity contribution in [3.63, 3.8) is 0 Å². The van der Waals surface area contributed by atoms with Crippen LogP contribution >= 0.6 is 11.3 Å². The van der Waals surface area contributed by atoms with Crippen LogP contribution in [0, 0.1) is 0 Å². The first-order valence-electron chi connectivity index (χ1n) is 10.6. The van der Waals surface area contributed by atoms with Crippen LogP contribution in [0.25, 0.3) is 11.3 Å². The predicted molar refractivity (Wildman–Crippen MR) is 122 cm³/mol. The molecule has 1 amide bonds. The Labute approximate surface area is 190 Å². The van der Waals surface area contributed by atoms with E-state index < -0.39 is 6.09 Å². The molecule has 1 aliphatic rings. The second-order valence-corrected chi connectivity index (χ2v) is 8.54. The zero-order chi connectivity index (χ0) is 22.3. The number of methoxy groups -OCH3 is 1. The van der Waals surface area contributed by atoms with Crippen molar-refractivity contribution in [2.75, 3.05) is 33.4 Å². The van der Waals surface area contributed by atoms with Gasteiger partial charge in [-0.3, -0.25) is 4.68 Å². The van der Waals surface area contributed by atoms with Crippen LogP contribution in [0.2, 0.25) is 0 Å². The molecule has 1 aliphatic heterocycles. The molecule has 3 aromatic rings. The van der Waals surface area contributed by atoms with E-state index in [1.807, 2.05) is 46.5 Å². The Balaban J connectivity index is 1.45. The monoisotopic (exact) mass is 457 g/mol. The maximum Gasteiger partial charge on any atom is 0.407 e. The lowest BCUT2D eigenvalue weighted by atomic mass is 10.1. The second kappa shape index (κ2) is 10.5. The Morgan fingerprint density at radius 2 is 2.22 bits per heavy atom. The van der Waals surface area contributed by atoms with Crippen molar-refractivity contribution in [3.05, 3.63) is 52.9 Å². The van der Waals surface area contributed by atoms with E-state index in [2.05, 4.69) is 5.10 Å². The summed E-state index contributed by atoms with van der Waals surface area (Å²) >= 11 is 1.64. The minimum Gasteiger partial charge on any atom is -0.493 e. The molecule has 1 fully saturated rings. The van der Waals surface area contributed by atoms with Crippen molar-refractivity contribution in [1.82, 2.24) is 14.7 Å². The third-order valence-electron chi connectivity index (χ3n) is 5.42. The van der Waals surface area contributed by atoms with Crippen molar-refractivity contribution in [2.45, 2.75) is 25.5 Å². The van der Waals surface area contributed by atoms with Gasteiger partial charge in [0.1, 0.15) is 6.10 Å². The number of aromatic nitrogens is 2. The number of hydrogen-bond donors (Lipinski definition) is 1. The van der Waals surface area contributed by atoms with Gasteiger partial charge < -0.3 is 24.2 Å². The van der Waals surface area contributed by atoms with Crippen molar-refractivity contribution in [2.24, 2.45) is 0 Å². The second-order valence-electron chi connectivity index (χ2n) is 7.51. The van der Waals surface area contributed by atoms with Crippen LogP contribution in [0.5, 0.6) is 11.5 Å². The number of hydrogen-bond acceptors (Lipinski definition) is 6. The molecular formula is C23H27N3O5S. The maximum absolute atomic E-state index is 11.7. The van der Waals surface area contributed by atoms with Crippen molar-refractivity contribution in [3.8, 4) is 22.8 Å². The van der Waals surface area contributed by atoms with Crippen LogP contribution in [0.1, 0.15) is 11.3 Å². The summed E-state index contributed by atoms with van der Waals surface area (Å²) in [6, 6.07) is 11.7. The van der Waals surface area contributed by atoms with Gasteiger partial charge >= 0.3 is 6.09 Å². The first-order chi connectivity index (χ1) is 15.6. The number of amides is 1. The van der Waals surface area contributed by atoms with Crippen molar-refractivity contribution in [1.29, 1.82) is 0 Å². The molecule has 1 aromatic carbocycles. The number of nitrogens with zero attached hydrogens (tertiary/aromatic N) is 3. The van der Waals surface area contributed by atoms with Gasteiger partial charge in [0, 0.05) is 36.1 Å².